The number of benzene rings is 2. The van der Waals surface area contributed by atoms with Gasteiger partial charge in [0.15, 0.2) is 11.5 Å². The van der Waals surface area contributed by atoms with E-state index in [1.165, 1.54) is 11.0 Å². The Labute approximate surface area is 168 Å². The van der Waals surface area contributed by atoms with Crippen molar-refractivity contribution in [3.63, 3.8) is 0 Å². The van der Waals surface area contributed by atoms with E-state index in [9.17, 15) is 4.79 Å². The van der Waals surface area contributed by atoms with E-state index < -0.39 is 0 Å². The Morgan fingerprint density at radius 2 is 2.11 bits per heavy atom. The molecule has 28 heavy (non-hydrogen) atoms. The number of rotatable bonds is 5. The van der Waals surface area contributed by atoms with Gasteiger partial charge in [-0.1, -0.05) is 15.9 Å². The summed E-state index contributed by atoms with van der Waals surface area (Å²) in [5, 5.41) is 5.14. The summed E-state index contributed by atoms with van der Waals surface area (Å²) >= 11 is 3.45. The molecule has 2 aromatic heterocycles. The van der Waals surface area contributed by atoms with Crippen LogP contribution in [-0.4, -0.2) is 34.6 Å². The Balaban J connectivity index is 1.73. The van der Waals surface area contributed by atoms with E-state index in [1.807, 2.05) is 37.3 Å². The van der Waals surface area contributed by atoms with Crippen LogP contribution in [0.4, 0.5) is 0 Å². The van der Waals surface area contributed by atoms with Crippen molar-refractivity contribution in [1.82, 2.24) is 14.6 Å². The first-order valence-corrected chi connectivity index (χ1v) is 9.43. The van der Waals surface area contributed by atoms with Crippen LogP contribution in [0.25, 0.3) is 21.9 Å². The molecule has 0 aliphatic carbocycles. The minimum Gasteiger partial charge on any atom is -0.493 e. The van der Waals surface area contributed by atoms with Crippen molar-refractivity contribution in [3.05, 3.63) is 63.1 Å². The van der Waals surface area contributed by atoms with E-state index in [2.05, 4.69) is 31.0 Å². The molecule has 7 nitrogen and oxygen atoms in total. The Kier molecular flexibility index (Phi) is 4.87. The van der Waals surface area contributed by atoms with Gasteiger partial charge in [0.25, 0.3) is 5.56 Å². The Morgan fingerprint density at radius 1 is 1.25 bits per heavy atom. The molecule has 0 saturated heterocycles. The lowest BCUT2D eigenvalue weighted by molar-refractivity contribution is 0.311. The maximum absolute atomic E-state index is 12.8. The summed E-state index contributed by atoms with van der Waals surface area (Å²) in [4.78, 5) is 20.3. The van der Waals surface area contributed by atoms with Crippen LogP contribution in [0.5, 0.6) is 11.5 Å². The molecule has 0 bridgehead atoms. The number of fused-ring (bicyclic) bond motifs is 3. The van der Waals surface area contributed by atoms with Crippen LogP contribution < -0.4 is 15.0 Å². The second kappa shape index (κ2) is 7.47. The van der Waals surface area contributed by atoms with Crippen molar-refractivity contribution in [1.29, 1.82) is 0 Å². The second-order valence-corrected chi connectivity index (χ2v) is 6.94. The van der Waals surface area contributed by atoms with E-state index in [1.54, 1.807) is 19.4 Å². The molecular formula is C20H17BrN4O3. The van der Waals surface area contributed by atoms with E-state index in [0.717, 1.165) is 20.9 Å². The van der Waals surface area contributed by atoms with Crippen LogP contribution in [0.15, 0.2) is 57.1 Å². The predicted octanol–water partition coefficient (Wildman–Crippen LogP) is 3.93. The zero-order chi connectivity index (χ0) is 19.7. The lowest BCUT2D eigenvalue weighted by Crippen LogP contribution is -2.17. The third-order valence-electron chi connectivity index (χ3n) is 4.27. The fourth-order valence-corrected chi connectivity index (χ4v) is 3.33. The van der Waals surface area contributed by atoms with Gasteiger partial charge < -0.3 is 14.5 Å². The van der Waals surface area contributed by atoms with Gasteiger partial charge in [-0.15, -0.1) is 0 Å². The number of ether oxygens (including phenoxy) is 2. The maximum Gasteiger partial charge on any atom is 0.298 e. The smallest absolute Gasteiger partial charge is 0.298 e. The van der Waals surface area contributed by atoms with Gasteiger partial charge >= 0.3 is 0 Å². The van der Waals surface area contributed by atoms with E-state index >= 15 is 0 Å². The number of methoxy groups -OCH3 is 1. The molecule has 0 saturated carbocycles. The van der Waals surface area contributed by atoms with Crippen LogP contribution in [0.2, 0.25) is 0 Å². The van der Waals surface area contributed by atoms with Crippen molar-refractivity contribution < 1.29 is 9.47 Å². The van der Waals surface area contributed by atoms with Gasteiger partial charge in [-0.05, 0) is 48.9 Å². The lowest BCUT2D eigenvalue weighted by Gasteiger charge is -2.09. The molecule has 0 atom stereocenters. The standard InChI is InChI=1S/C20H17BrN4O3/c1-3-28-16-7-4-12(8-17(16)27-2)10-23-25-11-22-18-14-9-13(21)5-6-15(14)24-19(18)20(25)26/h4-11,24H,3H2,1-2H3/b23-10+. The molecule has 1 N–H and O–H groups in total. The van der Waals surface area contributed by atoms with Crippen LogP contribution >= 0.6 is 15.9 Å². The van der Waals surface area contributed by atoms with Crippen LogP contribution in [0.3, 0.4) is 0 Å². The number of hydrogen-bond donors (Lipinski definition) is 1. The summed E-state index contributed by atoms with van der Waals surface area (Å²) in [6, 6.07) is 11.2. The third kappa shape index (κ3) is 3.27. The summed E-state index contributed by atoms with van der Waals surface area (Å²) in [5.41, 5.74) is 2.38. The average molecular weight is 441 g/mol. The van der Waals surface area contributed by atoms with Crippen molar-refractivity contribution in [3.8, 4) is 11.5 Å². The van der Waals surface area contributed by atoms with E-state index in [0.29, 0.717) is 29.1 Å². The number of aromatic amines is 1. The highest BCUT2D eigenvalue weighted by Gasteiger charge is 2.11. The molecule has 0 aliphatic heterocycles. The number of aromatic nitrogens is 3. The number of nitrogens with one attached hydrogen (secondary N) is 1. The molecular weight excluding hydrogens is 424 g/mol. The first-order chi connectivity index (χ1) is 13.6. The molecule has 142 valence electrons. The molecule has 0 spiro atoms. The van der Waals surface area contributed by atoms with Gasteiger partial charge in [0.1, 0.15) is 17.4 Å². The highest BCUT2D eigenvalue weighted by molar-refractivity contribution is 9.10. The molecule has 4 rings (SSSR count). The molecule has 0 unspecified atom stereocenters. The number of halogens is 1. The topological polar surface area (TPSA) is 81.5 Å². The first kappa shape index (κ1) is 18.2. The van der Waals surface area contributed by atoms with Gasteiger partial charge in [-0.25, -0.2) is 4.98 Å². The van der Waals surface area contributed by atoms with Crippen LogP contribution in [0.1, 0.15) is 12.5 Å². The number of nitrogens with zero attached hydrogens (tertiary/aromatic N) is 3. The Hall–Kier alpha value is -3.13. The fourth-order valence-electron chi connectivity index (χ4n) is 2.97. The monoisotopic (exact) mass is 440 g/mol. The Bertz CT molecular complexity index is 1260. The molecule has 8 heteroatoms. The van der Waals surface area contributed by atoms with E-state index in [4.69, 9.17) is 9.47 Å². The summed E-state index contributed by atoms with van der Waals surface area (Å²) in [6.07, 6.45) is 2.99. The molecule has 0 aliphatic rings. The van der Waals surface area contributed by atoms with Crippen molar-refractivity contribution in [2.45, 2.75) is 6.92 Å². The minimum atomic E-state index is -0.272. The lowest BCUT2D eigenvalue weighted by atomic mass is 10.2. The summed E-state index contributed by atoms with van der Waals surface area (Å²) < 4.78 is 13.0. The fraction of sp³-hybridized carbons (Fsp3) is 0.150. The number of hydrogen-bond acceptors (Lipinski definition) is 5. The SMILES string of the molecule is CCOc1ccc(/C=N/n2cnc3c([nH]c4ccc(Br)cc43)c2=O)cc1OC. The molecule has 0 radical (unpaired) electrons. The third-order valence-corrected chi connectivity index (χ3v) is 4.76. The summed E-state index contributed by atoms with van der Waals surface area (Å²) in [7, 11) is 1.58. The van der Waals surface area contributed by atoms with Gasteiger partial charge in [-0.3, -0.25) is 4.79 Å². The second-order valence-electron chi connectivity index (χ2n) is 6.02. The van der Waals surface area contributed by atoms with Crippen molar-refractivity contribution >= 4 is 44.1 Å². The van der Waals surface area contributed by atoms with Crippen molar-refractivity contribution in [2.24, 2.45) is 5.10 Å². The Morgan fingerprint density at radius 3 is 2.89 bits per heavy atom. The van der Waals surface area contributed by atoms with Crippen molar-refractivity contribution in [2.75, 3.05) is 13.7 Å². The van der Waals surface area contributed by atoms with Gasteiger partial charge in [-0.2, -0.15) is 9.78 Å². The average Bonchev–Trinajstić information content (AvgIpc) is 3.07. The zero-order valence-electron chi connectivity index (χ0n) is 15.3. The molecule has 0 fully saturated rings. The molecule has 2 aromatic carbocycles. The normalized spacial score (nSPS) is 11.5. The molecule has 2 heterocycles. The number of H-pyrrole nitrogens is 1. The molecule has 0 amide bonds. The quantitative estimate of drug-likeness (QED) is 0.476. The summed E-state index contributed by atoms with van der Waals surface area (Å²) in [6.45, 7) is 2.46. The zero-order valence-corrected chi connectivity index (χ0v) is 16.9. The predicted molar refractivity (Wildman–Crippen MR) is 113 cm³/mol. The first-order valence-electron chi connectivity index (χ1n) is 8.64. The summed E-state index contributed by atoms with van der Waals surface area (Å²) in [5.74, 6) is 1.26. The largest absolute Gasteiger partial charge is 0.493 e. The van der Waals surface area contributed by atoms with Gasteiger partial charge in [0, 0.05) is 15.4 Å². The van der Waals surface area contributed by atoms with Gasteiger partial charge in [0.2, 0.25) is 0 Å². The highest BCUT2D eigenvalue weighted by Crippen LogP contribution is 2.27. The maximum atomic E-state index is 12.8. The highest BCUT2D eigenvalue weighted by atomic mass is 79.9. The molecule has 4 aromatic rings. The van der Waals surface area contributed by atoms with E-state index in [-0.39, 0.29) is 5.56 Å². The van der Waals surface area contributed by atoms with Crippen LogP contribution in [0, 0.1) is 0 Å². The van der Waals surface area contributed by atoms with Gasteiger partial charge in [0.05, 0.1) is 19.9 Å². The minimum absolute atomic E-state index is 0.272. The van der Waals surface area contributed by atoms with Crippen LogP contribution in [-0.2, 0) is 0 Å².